The third-order valence-electron chi connectivity index (χ3n) is 2.70. The Morgan fingerprint density at radius 3 is 2.36 bits per heavy atom. The highest BCUT2D eigenvalue weighted by atomic mass is 16.5. The maximum absolute atomic E-state index is 5.67. The van der Waals surface area contributed by atoms with Crippen molar-refractivity contribution in [2.45, 2.75) is 41.2 Å². The third kappa shape index (κ3) is 4.92. The van der Waals surface area contributed by atoms with Gasteiger partial charge in [0, 0.05) is 17.1 Å². The molecule has 3 rings (SSSR count). The maximum atomic E-state index is 5.67. The molecule has 0 aliphatic rings. The number of para-hydroxylation sites is 1. The minimum absolute atomic E-state index is 0.394. The number of benzene rings is 1. The van der Waals surface area contributed by atoms with Gasteiger partial charge >= 0.3 is 0 Å². The Bertz CT molecular complexity index is 641. The van der Waals surface area contributed by atoms with Crippen LogP contribution in [0, 0.1) is 6.92 Å². The highest BCUT2D eigenvalue weighted by Crippen LogP contribution is 2.20. The standard InChI is InChI=1S/C15H13NO2.2C2H6/c1-11-5-4-8-15(16-11)17-10-13-9-12-6-2-3-7-14(12)18-13;2*1-2/h2-9H,10H2,1H3;2*1-2H3. The van der Waals surface area contributed by atoms with Gasteiger partial charge in [-0.05, 0) is 25.1 Å². The van der Waals surface area contributed by atoms with Crippen molar-refractivity contribution in [2.24, 2.45) is 0 Å². The molecule has 3 heteroatoms. The molecule has 3 aromatic rings. The Morgan fingerprint density at radius 2 is 1.68 bits per heavy atom. The molecule has 0 bridgehead atoms. The summed E-state index contributed by atoms with van der Waals surface area (Å²) in [5, 5.41) is 1.09. The van der Waals surface area contributed by atoms with Crippen LogP contribution in [0.25, 0.3) is 11.0 Å². The predicted octanol–water partition coefficient (Wildman–Crippen LogP) is 5.77. The van der Waals surface area contributed by atoms with E-state index in [1.54, 1.807) is 0 Å². The first kappa shape index (κ1) is 17.8. The van der Waals surface area contributed by atoms with Gasteiger partial charge in [0.15, 0.2) is 0 Å². The van der Waals surface area contributed by atoms with Crippen LogP contribution in [0.2, 0.25) is 0 Å². The topological polar surface area (TPSA) is 35.3 Å². The molecule has 2 aromatic heterocycles. The van der Waals surface area contributed by atoms with Crippen molar-refractivity contribution >= 4 is 11.0 Å². The number of nitrogens with zero attached hydrogens (tertiary/aromatic N) is 1. The average Bonchev–Trinajstić information content (AvgIpc) is 3.00. The summed E-state index contributed by atoms with van der Waals surface area (Å²) in [6.45, 7) is 10.3. The van der Waals surface area contributed by atoms with Crippen LogP contribution < -0.4 is 4.74 Å². The first-order chi connectivity index (χ1) is 10.8. The molecule has 0 atom stereocenters. The van der Waals surface area contributed by atoms with Crippen LogP contribution in [0.1, 0.15) is 39.1 Å². The van der Waals surface area contributed by atoms with Gasteiger partial charge < -0.3 is 9.15 Å². The second kappa shape index (κ2) is 9.61. The van der Waals surface area contributed by atoms with Crippen LogP contribution in [-0.2, 0) is 6.61 Å². The van der Waals surface area contributed by atoms with Crippen molar-refractivity contribution in [3.05, 3.63) is 60.0 Å². The molecule has 2 heterocycles. The van der Waals surface area contributed by atoms with Gasteiger partial charge in [-0.1, -0.05) is 52.0 Å². The number of furan rings is 1. The summed E-state index contributed by atoms with van der Waals surface area (Å²) in [6, 6.07) is 15.6. The molecule has 0 aliphatic carbocycles. The highest BCUT2D eigenvalue weighted by Gasteiger charge is 2.04. The van der Waals surface area contributed by atoms with E-state index in [9.17, 15) is 0 Å². The third-order valence-corrected chi connectivity index (χ3v) is 2.70. The zero-order valence-corrected chi connectivity index (χ0v) is 14.1. The molecule has 0 fully saturated rings. The van der Waals surface area contributed by atoms with Crippen molar-refractivity contribution in [3.63, 3.8) is 0 Å². The van der Waals surface area contributed by atoms with Crippen LogP contribution in [-0.4, -0.2) is 4.98 Å². The minimum atomic E-state index is 0.394. The molecule has 0 spiro atoms. The normalized spacial score (nSPS) is 9.32. The SMILES string of the molecule is CC.CC.Cc1cccc(OCc2cc3ccccc3o2)n1. The molecule has 22 heavy (non-hydrogen) atoms. The largest absolute Gasteiger partial charge is 0.469 e. The maximum Gasteiger partial charge on any atom is 0.213 e. The van der Waals surface area contributed by atoms with E-state index in [0.29, 0.717) is 12.5 Å². The lowest BCUT2D eigenvalue weighted by molar-refractivity contribution is 0.264. The van der Waals surface area contributed by atoms with E-state index in [1.807, 2.05) is 83.1 Å². The second-order valence-corrected chi connectivity index (χ2v) is 4.16. The number of rotatable bonds is 3. The van der Waals surface area contributed by atoms with Crippen LogP contribution in [0.5, 0.6) is 5.88 Å². The van der Waals surface area contributed by atoms with Crippen LogP contribution in [0.4, 0.5) is 0 Å². The molecule has 0 unspecified atom stereocenters. The lowest BCUT2D eigenvalue weighted by Crippen LogP contribution is -1.96. The summed E-state index contributed by atoms with van der Waals surface area (Å²) in [5.74, 6) is 1.43. The first-order valence-corrected chi connectivity index (χ1v) is 7.85. The van der Waals surface area contributed by atoms with Crippen LogP contribution >= 0.6 is 0 Å². The smallest absolute Gasteiger partial charge is 0.213 e. The van der Waals surface area contributed by atoms with Gasteiger partial charge in [-0.25, -0.2) is 4.98 Å². The van der Waals surface area contributed by atoms with E-state index < -0.39 is 0 Å². The number of aryl methyl sites for hydroxylation is 1. The molecule has 0 N–H and O–H groups in total. The van der Waals surface area contributed by atoms with Crippen LogP contribution in [0.3, 0.4) is 0 Å². The van der Waals surface area contributed by atoms with Gasteiger partial charge in [0.1, 0.15) is 18.0 Å². The summed E-state index contributed by atoms with van der Waals surface area (Å²) in [7, 11) is 0. The van der Waals surface area contributed by atoms with Crippen LogP contribution in [0.15, 0.2) is 52.9 Å². The molecule has 0 aliphatic heterocycles. The molecule has 0 saturated carbocycles. The summed E-state index contributed by atoms with van der Waals surface area (Å²) in [4.78, 5) is 4.28. The molecule has 0 amide bonds. The minimum Gasteiger partial charge on any atom is -0.469 e. The molecule has 118 valence electrons. The number of ether oxygens (including phenoxy) is 1. The Kier molecular flexibility index (Phi) is 7.76. The highest BCUT2D eigenvalue weighted by molar-refractivity contribution is 5.77. The zero-order chi connectivity index (χ0) is 16.4. The Balaban J connectivity index is 0.000000561. The molecule has 1 aromatic carbocycles. The van der Waals surface area contributed by atoms with Gasteiger partial charge in [-0.3, -0.25) is 0 Å². The van der Waals surface area contributed by atoms with Gasteiger partial charge in [-0.2, -0.15) is 0 Å². The van der Waals surface area contributed by atoms with E-state index in [2.05, 4.69) is 4.98 Å². The lowest BCUT2D eigenvalue weighted by atomic mass is 10.2. The van der Waals surface area contributed by atoms with E-state index in [0.717, 1.165) is 22.4 Å². The summed E-state index contributed by atoms with van der Waals surface area (Å²) >= 11 is 0. The summed E-state index contributed by atoms with van der Waals surface area (Å²) in [5.41, 5.74) is 1.82. The fourth-order valence-corrected chi connectivity index (χ4v) is 1.85. The summed E-state index contributed by atoms with van der Waals surface area (Å²) < 4.78 is 11.3. The lowest BCUT2D eigenvalue weighted by Gasteiger charge is -2.03. The van der Waals surface area contributed by atoms with E-state index in [1.165, 1.54) is 0 Å². The van der Waals surface area contributed by atoms with Gasteiger partial charge in [0.25, 0.3) is 0 Å². The van der Waals surface area contributed by atoms with Crippen molar-refractivity contribution in [3.8, 4) is 5.88 Å². The molecule has 3 nitrogen and oxygen atoms in total. The molecule has 0 saturated heterocycles. The Morgan fingerprint density at radius 1 is 0.955 bits per heavy atom. The van der Waals surface area contributed by atoms with Crippen molar-refractivity contribution in [1.82, 2.24) is 4.98 Å². The first-order valence-electron chi connectivity index (χ1n) is 7.85. The molecular weight excluding hydrogens is 274 g/mol. The van der Waals surface area contributed by atoms with Gasteiger partial charge in [-0.15, -0.1) is 0 Å². The van der Waals surface area contributed by atoms with E-state index in [4.69, 9.17) is 9.15 Å². The number of hydrogen-bond donors (Lipinski definition) is 0. The summed E-state index contributed by atoms with van der Waals surface area (Å²) in [6.07, 6.45) is 0. The Labute approximate surface area is 132 Å². The van der Waals surface area contributed by atoms with Gasteiger partial charge in [0.05, 0.1) is 0 Å². The van der Waals surface area contributed by atoms with Crippen molar-refractivity contribution in [1.29, 1.82) is 0 Å². The second-order valence-electron chi connectivity index (χ2n) is 4.16. The monoisotopic (exact) mass is 299 g/mol. The molecule has 0 radical (unpaired) electrons. The molecular formula is C19H25NO2. The predicted molar refractivity (Wildman–Crippen MR) is 92.2 cm³/mol. The number of fused-ring (bicyclic) bond motifs is 1. The number of hydrogen-bond acceptors (Lipinski definition) is 3. The fraction of sp³-hybridized carbons (Fsp3) is 0.316. The van der Waals surface area contributed by atoms with Crippen molar-refractivity contribution in [2.75, 3.05) is 0 Å². The average molecular weight is 299 g/mol. The van der Waals surface area contributed by atoms with E-state index >= 15 is 0 Å². The van der Waals surface area contributed by atoms with Crippen molar-refractivity contribution < 1.29 is 9.15 Å². The van der Waals surface area contributed by atoms with Gasteiger partial charge in [0.2, 0.25) is 5.88 Å². The zero-order valence-electron chi connectivity index (χ0n) is 14.1. The Hall–Kier alpha value is -2.29. The van der Waals surface area contributed by atoms with E-state index in [-0.39, 0.29) is 0 Å². The number of pyridine rings is 1. The fourth-order valence-electron chi connectivity index (χ4n) is 1.85. The number of aromatic nitrogens is 1. The quantitative estimate of drug-likeness (QED) is 0.616.